The summed E-state index contributed by atoms with van der Waals surface area (Å²) in [6.07, 6.45) is 0.276. The third kappa shape index (κ3) is 6.03. The monoisotopic (exact) mass is 191 g/mol. The zero-order chi connectivity index (χ0) is 9.40. The molecule has 0 aromatic carbocycles. The molecule has 0 heterocycles. The van der Waals surface area contributed by atoms with Crippen LogP contribution in [0.15, 0.2) is 0 Å². The van der Waals surface area contributed by atoms with Gasteiger partial charge in [0.2, 0.25) is 0 Å². The Bertz CT molecular complexity index is 161. The molecule has 0 saturated heterocycles. The first-order chi connectivity index (χ1) is 5.70. The molecule has 1 amide bonds. The first-order valence-corrected chi connectivity index (χ1v) is 4.66. The minimum atomic E-state index is -0.285. The third-order valence-corrected chi connectivity index (χ3v) is 1.90. The number of methoxy groups -OCH3 is 1. The number of carbonyl (C=O) groups is 2. The van der Waals surface area contributed by atoms with Crippen LogP contribution in [0.2, 0.25) is 0 Å². The first-order valence-electron chi connectivity index (χ1n) is 3.68. The Kier molecular flexibility index (Phi) is 6.55. The normalized spacial score (nSPS) is 9.17. The first kappa shape index (κ1) is 11.3. The fourth-order valence-corrected chi connectivity index (χ4v) is 1.23. The van der Waals surface area contributed by atoms with Crippen LogP contribution in [0.1, 0.15) is 13.3 Å². The Morgan fingerprint density at radius 1 is 1.50 bits per heavy atom. The van der Waals surface area contributed by atoms with E-state index in [9.17, 15) is 9.59 Å². The number of nitrogens with one attached hydrogen (secondary N) is 1. The Balaban J connectivity index is 3.30. The lowest BCUT2D eigenvalue weighted by Gasteiger charge is -2.00. The molecule has 0 aliphatic carbocycles. The Labute approximate surface area is 76.0 Å². The summed E-state index contributed by atoms with van der Waals surface area (Å²) in [5, 5.41) is 2.51. The van der Waals surface area contributed by atoms with E-state index in [1.54, 1.807) is 0 Å². The molecule has 0 aromatic heterocycles. The van der Waals surface area contributed by atoms with Crippen molar-refractivity contribution in [3.8, 4) is 0 Å². The molecule has 0 saturated carbocycles. The molecule has 0 radical (unpaired) electrons. The largest absolute Gasteiger partial charge is 0.469 e. The molecule has 5 heteroatoms. The molecule has 12 heavy (non-hydrogen) atoms. The van der Waals surface area contributed by atoms with E-state index in [0.717, 1.165) is 11.8 Å². The predicted molar refractivity (Wildman–Crippen MR) is 48.2 cm³/mol. The lowest BCUT2D eigenvalue weighted by molar-refractivity contribution is -0.140. The highest BCUT2D eigenvalue weighted by Gasteiger charge is 2.03. The van der Waals surface area contributed by atoms with E-state index in [1.165, 1.54) is 7.11 Å². The van der Waals surface area contributed by atoms with Crippen LogP contribution in [0, 0.1) is 0 Å². The van der Waals surface area contributed by atoms with E-state index in [2.05, 4.69) is 10.1 Å². The number of esters is 1. The molecule has 0 rings (SSSR count). The smallest absolute Gasteiger partial charge is 0.306 e. The number of hydrogen-bond donors (Lipinski definition) is 1. The van der Waals surface area contributed by atoms with Crippen molar-refractivity contribution in [3.05, 3.63) is 0 Å². The zero-order valence-corrected chi connectivity index (χ0v) is 8.07. The maximum absolute atomic E-state index is 10.8. The molecule has 0 unspecified atom stereocenters. The fraction of sp³-hybridized carbons (Fsp3) is 0.714. The van der Waals surface area contributed by atoms with Gasteiger partial charge < -0.3 is 10.1 Å². The number of hydrogen-bond acceptors (Lipinski definition) is 4. The van der Waals surface area contributed by atoms with Crippen molar-refractivity contribution in [1.82, 2.24) is 5.32 Å². The van der Waals surface area contributed by atoms with Gasteiger partial charge in [0.1, 0.15) is 0 Å². The highest BCUT2D eigenvalue weighted by molar-refractivity contribution is 8.13. The van der Waals surface area contributed by atoms with Gasteiger partial charge in [-0.1, -0.05) is 11.8 Å². The molecule has 0 aliphatic heterocycles. The van der Waals surface area contributed by atoms with Crippen LogP contribution < -0.4 is 5.32 Å². The van der Waals surface area contributed by atoms with Crippen LogP contribution in [-0.4, -0.2) is 30.6 Å². The van der Waals surface area contributed by atoms with Crippen molar-refractivity contribution >= 4 is 23.0 Å². The third-order valence-electron chi connectivity index (χ3n) is 1.09. The molecule has 1 N–H and O–H groups in total. The van der Waals surface area contributed by atoms with Gasteiger partial charge >= 0.3 is 5.97 Å². The maximum atomic E-state index is 10.8. The quantitative estimate of drug-likeness (QED) is 0.674. The number of thioether (sulfide) groups is 1. The van der Waals surface area contributed by atoms with Gasteiger partial charge in [-0.2, -0.15) is 0 Å². The van der Waals surface area contributed by atoms with E-state index in [0.29, 0.717) is 12.3 Å². The molecule has 0 spiro atoms. The molecule has 70 valence electrons. The van der Waals surface area contributed by atoms with Crippen molar-refractivity contribution in [2.24, 2.45) is 0 Å². The van der Waals surface area contributed by atoms with E-state index >= 15 is 0 Å². The summed E-state index contributed by atoms with van der Waals surface area (Å²) < 4.78 is 4.41. The highest BCUT2D eigenvalue weighted by Crippen LogP contribution is 2.03. The van der Waals surface area contributed by atoms with Gasteiger partial charge in [-0.15, -0.1) is 0 Å². The summed E-state index contributed by atoms with van der Waals surface area (Å²) in [4.78, 5) is 21.4. The van der Waals surface area contributed by atoms with E-state index in [-0.39, 0.29) is 17.6 Å². The maximum Gasteiger partial charge on any atom is 0.306 e. The lowest BCUT2D eigenvalue weighted by Crippen LogP contribution is -2.18. The molecule has 0 bridgehead atoms. The van der Waals surface area contributed by atoms with Crippen LogP contribution in [0.5, 0.6) is 0 Å². The minimum absolute atomic E-state index is 0.0959. The topological polar surface area (TPSA) is 55.4 Å². The zero-order valence-electron chi connectivity index (χ0n) is 7.25. The van der Waals surface area contributed by atoms with Gasteiger partial charge in [-0.25, -0.2) is 0 Å². The minimum Gasteiger partial charge on any atom is -0.469 e. The van der Waals surface area contributed by atoms with Crippen molar-refractivity contribution in [2.75, 3.05) is 19.4 Å². The van der Waals surface area contributed by atoms with Gasteiger partial charge in [-0.3, -0.25) is 9.59 Å². The van der Waals surface area contributed by atoms with Gasteiger partial charge in [-0.05, 0) is 6.92 Å². The molecule has 4 nitrogen and oxygen atoms in total. The van der Waals surface area contributed by atoms with Crippen LogP contribution in [0.4, 0.5) is 4.79 Å². The van der Waals surface area contributed by atoms with Crippen molar-refractivity contribution in [1.29, 1.82) is 0 Å². The molecule has 0 fully saturated rings. The summed E-state index contributed by atoms with van der Waals surface area (Å²) in [6, 6.07) is 0. The van der Waals surface area contributed by atoms with Crippen LogP contribution in [0.3, 0.4) is 0 Å². The number of carbonyl (C=O) groups excluding carboxylic acids is 2. The van der Waals surface area contributed by atoms with Gasteiger partial charge in [0.25, 0.3) is 5.24 Å². The SMILES string of the molecule is CCNC(=O)SCCC(=O)OC. The molecular weight excluding hydrogens is 178 g/mol. The lowest BCUT2D eigenvalue weighted by atomic mass is 10.5. The van der Waals surface area contributed by atoms with E-state index in [1.807, 2.05) is 6.92 Å². The second kappa shape index (κ2) is 6.97. The summed E-state index contributed by atoms with van der Waals surface area (Å²) in [5.74, 6) is 0.185. The van der Waals surface area contributed by atoms with Crippen LogP contribution in [-0.2, 0) is 9.53 Å². The molecule has 0 aliphatic rings. The summed E-state index contributed by atoms with van der Waals surface area (Å²) in [7, 11) is 1.33. The summed E-state index contributed by atoms with van der Waals surface area (Å²) >= 11 is 1.09. The molecular formula is C7H13NO3S. The van der Waals surface area contributed by atoms with E-state index < -0.39 is 0 Å². The van der Waals surface area contributed by atoms with Gasteiger partial charge in [0.15, 0.2) is 0 Å². The van der Waals surface area contributed by atoms with Crippen molar-refractivity contribution in [3.63, 3.8) is 0 Å². The number of rotatable bonds is 4. The fourth-order valence-electron chi connectivity index (χ4n) is 0.524. The Hall–Kier alpha value is -0.710. The van der Waals surface area contributed by atoms with Crippen LogP contribution in [0.25, 0.3) is 0 Å². The van der Waals surface area contributed by atoms with Gasteiger partial charge in [0, 0.05) is 12.3 Å². The van der Waals surface area contributed by atoms with Gasteiger partial charge in [0.05, 0.1) is 13.5 Å². The van der Waals surface area contributed by atoms with Crippen molar-refractivity contribution < 1.29 is 14.3 Å². The number of ether oxygens (including phenoxy) is 1. The second-order valence-corrected chi connectivity index (χ2v) is 3.06. The average molecular weight is 191 g/mol. The predicted octanol–water partition coefficient (Wildman–Crippen LogP) is 1.01. The summed E-state index contributed by atoms with van der Waals surface area (Å²) in [5.41, 5.74) is 0. The molecule has 0 atom stereocenters. The highest BCUT2D eigenvalue weighted by atomic mass is 32.2. The second-order valence-electron chi connectivity index (χ2n) is 1.99. The standard InChI is InChI=1S/C7H13NO3S/c1-3-8-7(10)12-5-4-6(9)11-2/h3-5H2,1-2H3,(H,8,10). The number of amides is 1. The van der Waals surface area contributed by atoms with Crippen molar-refractivity contribution in [2.45, 2.75) is 13.3 Å². The Morgan fingerprint density at radius 3 is 2.67 bits per heavy atom. The average Bonchev–Trinajstić information content (AvgIpc) is 2.04. The molecule has 0 aromatic rings. The Morgan fingerprint density at radius 2 is 2.17 bits per heavy atom. The summed E-state index contributed by atoms with van der Waals surface area (Å²) in [6.45, 7) is 2.46. The van der Waals surface area contributed by atoms with E-state index in [4.69, 9.17) is 0 Å². The van der Waals surface area contributed by atoms with Crippen LogP contribution >= 0.6 is 11.8 Å².